The van der Waals surface area contributed by atoms with E-state index in [0.717, 1.165) is 29.4 Å². The van der Waals surface area contributed by atoms with Crippen molar-refractivity contribution in [3.05, 3.63) is 29.1 Å². The molecule has 1 aliphatic heterocycles. The molecule has 0 bridgehead atoms. The molecule has 1 aromatic rings. The third-order valence-electron chi connectivity index (χ3n) is 3.35. The molecule has 1 heterocycles. The van der Waals surface area contributed by atoms with E-state index in [-0.39, 0.29) is 12.6 Å². The summed E-state index contributed by atoms with van der Waals surface area (Å²) in [6, 6.07) is 2.97. The topological polar surface area (TPSA) is 64.1 Å². The number of ether oxygens (including phenoxy) is 3. The van der Waals surface area contributed by atoms with Crippen molar-refractivity contribution in [1.29, 1.82) is 0 Å². The summed E-state index contributed by atoms with van der Waals surface area (Å²) in [5, 5.41) is 6.39. The van der Waals surface area contributed by atoms with Crippen LogP contribution >= 0.6 is 0 Å². The summed E-state index contributed by atoms with van der Waals surface area (Å²) in [6.07, 6.45) is 0.634. The molecule has 0 saturated heterocycles. The molecule has 23 heavy (non-hydrogen) atoms. The average molecular weight is 325 g/mol. The molecule has 0 radical (unpaired) electrons. The van der Waals surface area contributed by atoms with Gasteiger partial charge in [-0.3, -0.25) is 4.99 Å². The highest BCUT2D eigenvalue weighted by atomic mass is 19.1. The lowest BCUT2D eigenvalue weighted by molar-refractivity contribution is -0.0172. The summed E-state index contributed by atoms with van der Waals surface area (Å²) < 4.78 is 29.4. The Bertz CT molecular complexity index is 538. The Morgan fingerprint density at radius 1 is 1.39 bits per heavy atom. The highest BCUT2D eigenvalue weighted by Gasteiger charge is 2.16. The summed E-state index contributed by atoms with van der Waals surface area (Å²) in [4.78, 5) is 4.38. The molecule has 0 amide bonds. The van der Waals surface area contributed by atoms with Crippen molar-refractivity contribution in [2.24, 2.45) is 4.99 Å². The Balaban J connectivity index is 1.94. The van der Waals surface area contributed by atoms with Gasteiger partial charge < -0.3 is 24.8 Å². The van der Waals surface area contributed by atoms with E-state index in [4.69, 9.17) is 14.2 Å². The maximum atomic E-state index is 13.7. The predicted molar refractivity (Wildman–Crippen MR) is 86.2 cm³/mol. The lowest BCUT2D eigenvalue weighted by Gasteiger charge is -2.21. The molecule has 2 rings (SSSR count). The van der Waals surface area contributed by atoms with Gasteiger partial charge in [0.05, 0.1) is 19.8 Å². The van der Waals surface area contributed by atoms with Crippen LogP contribution in [-0.4, -0.2) is 46.1 Å². The molecule has 0 spiro atoms. The number of nitrogens with one attached hydrogen (secondary N) is 2. The molecule has 1 aliphatic rings. The van der Waals surface area contributed by atoms with Gasteiger partial charge in [-0.1, -0.05) is 0 Å². The van der Waals surface area contributed by atoms with Gasteiger partial charge in [-0.2, -0.15) is 0 Å². The van der Waals surface area contributed by atoms with Crippen molar-refractivity contribution in [2.75, 3.05) is 40.1 Å². The number of benzene rings is 1. The van der Waals surface area contributed by atoms with E-state index in [9.17, 15) is 4.39 Å². The molecule has 0 aromatic heterocycles. The number of nitrogens with zero attached hydrogens (tertiary/aromatic N) is 1. The second kappa shape index (κ2) is 9.32. The monoisotopic (exact) mass is 325 g/mol. The minimum Gasteiger partial charge on any atom is -0.467 e. The van der Waals surface area contributed by atoms with E-state index < -0.39 is 0 Å². The summed E-state index contributed by atoms with van der Waals surface area (Å²) in [7, 11) is 1.65. The summed E-state index contributed by atoms with van der Waals surface area (Å²) in [6.45, 7) is 5.15. The molecule has 2 N–H and O–H groups in total. The van der Waals surface area contributed by atoms with E-state index >= 15 is 0 Å². The van der Waals surface area contributed by atoms with Crippen molar-refractivity contribution in [1.82, 2.24) is 10.6 Å². The van der Waals surface area contributed by atoms with Gasteiger partial charge in [0.1, 0.15) is 11.6 Å². The predicted octanol–water partition coefficient (Wildman–Crippen LogP) is 1.44. The lowest BCUT2D eigenvalue weighted by Crippen LogP contribution is -2.38. The van der Waals surface area contributed by atoms with Gasteiger partial charge in [0.25, 0.3) is 0 Å². The molecule has 128 valence electrons. The van der Waals surface area contributed by atoms with E-state index in [1.54, 1.807) is 7.11 Å². The minimum absolute atomic E-state index is 0.209. The SMILES string of the molecule is CCNC(=NCCOC)NCCc1cc(F)cc2c1OCOC2. The Labute approximate surface area is 136 Å². The molecule has 6 nitrogen and oxygen atoms in total. The smallest absolute Gasteiger partial charge is 0.191 e. The molecule has 0 saturated carbocycles. The zero-order valence-corrected chi connectivity index (χ0v) is 13.7. The van der Waals surface area contributed by atoms with Crippen LogP contribution in [-0.2, 0) is 22.5 Å². The van der Waals surface area contributed by atoms with Crippen molar-refractivity contribution < 1.29 is 18.6 Å². The standard InChI is InChI=1S/C16H24FN3O3/c1-3-18-16(20-6-7-21-2)19-5-4-12-8-14(17)9-13-10-22-11-23-15(12)13/h8-9H,3-7,10-11H2,1-2H3,(H2,18,19,20). The summed E-state index contributed by atoms with van der Waals surface area (Å²) in [5.41, 5.74) is 1.59. The molecule has 1 aromatic carbocycles. The van der Waals surface area contributed by atoms with Gasteiger partial charge in [-0.05, 0) is 31.0 Å². The number of rotatable bonds is 7. The number of aliphatic imine (C=N–C) groups is 1. The van der Waals surface area contributed by atoms with Crippen LogP contribution < -0.4 is 15.4 Å². The van der Waals surface area contributed by atoms with E-state index in [0.29, 0.717) is 32.7 Å². The fourth-order valence-electron chi connectivity index (χ4n) is 2.35. The summed E-state index contributed by atoms with van der Waals surface area (Å²) >= 11 is 0. The van der Waals surface area contributed by atoms with Crippen LogP contribution in [0, 0.1) is 5.82 Å². The molecular formula is C16H24FN3O3. The Morgan fingerprint density at radius 2 is 2.26 bits per heavy atom. The summed E-state index contributed by atoms with van der Waals surface area (Å²) in [5.74, 6) is 1.19. The second-order valence-corrected chi connectivity index (χ2v) is 5.09. The highest BCUT2D eigenvalue weighted by Crippen LogP contribution is 2.29. The van der Waals surface area contributed by atoms with Crippen molar-refractivity contribution in [3.63, 3.8) is 0 Å². The first kappa shape index (κ1) is 17.5. The van der Waals surface area contributed by atoms with Gasteiger partial charge in [0.2, 0.25) is 0 Å². The van der Waals surface area contributed by atoms with E-state index in [2.05, 4.69) is 15.6 Å². The number of guanidine groups is 1. The van der Waals surface area contributed by atoms with Crippen LogP contribution in [0.4, 0.5) is 4.39 Å². The van der Waals surface area contributed by atoms with Crippen LogP contribution in [0.2, 0.25) is 0 Å². The van der Waals surface area contributed by atoms with Crippen molar-refractivity contribution in [3.8, 4) is 5.75 Å². The number of methoxy groups -OCH3 is 1. The fraction of sp³-hybridized carbons (Fsp3) is 0.562. The lowest BCUT2D eigenvalue weighted by atomic mass is 10.1. The molecule has 0 aliphatic carbocycles. The first-order valence-electron chi connectivity index (χ1n) is 7.77. The number of halogens is 1. The molecule has 0 fully saturated rings. The Hall–Kier alpha value is -1.86. The van der Waals surface area contributed by atoms with E-state index in [1.807, 2.05) is 6.92 Å². The quantitative estimate of drug-likeness (QED) is 0.451. The zero-order valence-electron chi connectivity index (χ0n) is 13.7. The number of fused-ring (bicyclic) bond motifs is 1. The van der Waals surface area contributed by atoms with Crippen LogP contribution in [0.25, 0.3) is 0 Å². The Kier molecular flexibility index (Phi) is 7.09. The largest absolute Gasteiger partial charge is 0.467 e. The molecular weight excluding hydrogens is 301 g/mol. The van der Waals surface area contributed by atoms with Gasteiger partial charge in [-0.15, -0.1) is 0 Å². The maximum absolute atomic E-state index is 13.7. The maximum Gasteiger partial charge on any atom is 0.191 e. The van der Waals surface area contributed by atoms with Crippen LogP contribution in [0.3, 0.4) is 0 Å². The Morgan fingerprint density at radius 3 is 3.04 bits per heavy atom. The first-order chi connectivity index (χ1) is 11.2. The highest BCUT2D eigenvalue weighted by molar-refractivity contribution is 5.79. The van der Waals surface area contributed by atoms with Crippen LogP contribution in [0.15, 0.2) is 17.1 Å². The number of hydrogen-bond donors (Lipinski definition) is 2. The third kappa shape index (κ3) is 5.37. The molecule has 0 unspecified atom stereocenters. The number of hydrogen-bond acceptors (Lipinski definition) is 4. The third-order valence-corrected chi connectivity index (χ3v) is 3.35. The fourth-order valence-corrected chi connectivity index (χ4v) is 2.35. The van der Waals surface area contributed by atoms with Crippen molar-refractivity contribution >= 4 is 5.96 Å². The minimum atomic E-state index is -0.270. The van der Waals surface area contributed by atoms with Gasteiger partial charge in [0.15, 0.2) is 12.8 Å². The zero-order chi connectivity index (χ0) is 16.5. The van der Waals surface area contributed by atoms with Crippen molar-refractivity contribution in [2.45, 2.75) is 20.0 Å². The first-order valence-corrected chi connectivity index (χ1v) is 7.77. The van der Waals surface area contributed by atoms with Crippen LogP contribution in [0.1, 0.15) is 18.1 Å². The van der Waals surface area contributed by atoms with E-state index in [1.165, 1.54) is 12.1 Å². The van der Waals surface area contributed by atoms with Gasteiger partial charge in [-0.25, -0.2) is 4.39 Å². The molecule has 7 heteroatoms. The average Bonchev–Trinajstić information content (AvgIpc) is 2.55. The van der Waals surface area contributed by atoms with Gasteiger partial charge in [0, 0.05) is 25.8 Å². The van der Waals surface area contributed by atoms with Crippen LogP contribution in [0.5, 0.6) is 5.75 Å². The molecule has 0 atom stereocenters. The van der Waals surface area contributed by atoms with Gasteiger partial charge >= 0.3 is 0 Å². The second-order valence-electron chi connectivity index (χ2n) is 5.09. The normalized spacial score (nSPS) is 14.1.